The standard InChI is InChI=1S/C25H28N6O2/c1-17-19-10-11-22(32)31(16-13-18-7-3-2-4-8-18)24(19)28-23(27-17)21-9-5-6-15-30(21)25(33)20-12-14-26-29-20/h2-4,7-8,12,14,21H,5-6,9-11,13,15-16H2,1H3,(H,26,29). The lowest BCUT2D eigenvalue weighted by molar-refractivity contribution is -0.118. The van der Waals surface area contributed by atoms with Crippen LogP contribution in [0.2, 0.25) is 0 Å². The predicted octanol–water partition coefficient (Wildman–Crippen LogP) is 3.40. The van der Waals surface area contributed by atoms with Gasteiger partial charge in [0.25, 0.3) is 5.91 Å². The van der Waals surface area contributed by atoms with E-state index in [-0.39, 0.29) is 17.9 Å². The summed E-state index contributed by atoms with van der Waals surface area (Å²) in [4.78, 5) is 39.4. The molecule has 5 rings (SSSR count). The Hall–Kier alpha value is -3.55. The minimum Gasteiger partial charge on any atom is -0.327 e. The summed E-state index contributed by atoms with van der Waals surface area (Å²) in [6.45, 7) is 3.21. The molecule has 8 heteroatoms. The number of anilines is 1. The monoisotopic (exact) mass is 444 g/mol. The van der Waals surface area contributed by atoms with Gasteiger partial charge < -0.3 is 4.90 Å². The summed E-state index contributed by atoms with van der Waals surface area (Å²) in [5, 5.41) is 6.70. The van der Waals surface area contributed by atoms with Crippen LogP contribution in [0.25, 0.3) is 0 Å². The summed E-state index contributed by atoms with van der Waals surface area (Å²) in [6.07, 6.45) is 6.23. The molecule has 0 aliphatic carbocycles. The van der Waals surface area contributed by atoms with E-state index in [1.807, 2.05) is 34.9 Å². The number of H-pyrrole nitrogens is 1. The van der Waals surface area contributed by atoms with E-state index < -0.39 is 0 Å². The van der Waals surface area contributed by atoms with Gasteiger partial charge >= 0.3 is 0 Å². The maximum atomic E-state index is 13.1. The highest BCUT2D eigenvalue weighted by Gasteiger charge is 2.34. The van der Waals surface area contributed by atoms with E-state index in [0.717, 1.165) is 36.9 Å². The van der Waals surface area contributed by atoms with Crippen LogP contribution in [-0.2, 0) is 17.6 Å². The molecule has 2 aliphatic heterocycles. The van der Waals surface area contributed by atoms with Crippen molar-refractivity contribution in [2.45, 2.75) is 51.5 Å². The molecule has 8 nitrogen and oxygen atoms in total. The highest BCUT2D eigenvalue weighted by atomic mass is 16.2. The lowest BCUT2D eigenvalue weighted by Crippen LogP contribution is -2.41. The van der Waals surface area contributed by atoms with Crippen molar-refractivity contribution in [1.29, 1.82) is 0 Å². The van der Waals surface area contributed by atoms with Crippen molar-refractivity contribution in [1.82, 2.24) is 25.1 Å². The first-order chi connectivity index (χ1) is 16.1. The maximum absolute atomic E-state index is 13.1. The van der Waals surface area contributed by atoms with Crippen LogP contribution in [0.4, 0.5) is 5.82 Å². The molecule has 4 heterocycles. The van der Waals surface area contributed by atoms with Crippen LogP contribution in [0.5, 0.6) is 0 Å². The Morgan fingerprint density at radius 3 is 2.76 bits per heavy atom. The van der Waals surface area contributed by atoms with E-state index in [4.69, 9.17) is 9.97 Å². The van der Waals surface area contributed by atoms with Gasteiger partial charge in [0, 0.05) is 37.0 Å². The number of nitrogens with zero attached hydrogens (tertiary/aromatic N) is 5. The van der Waals surface area contributed by atoms with Gasteiger partial charge in [0.1, 0.15) is 11.5 Å². The van der Waals surface area contributed by atoms with Crippen LogP contribution in [-0.4, -0.2) is 50.0 Å². The minimum atomic E-state index is -0.216. The Morgan fingerprint density at radius 2 is 1.97 bits per heavy atom. The van der Waals surface area contributed by atoms with Gasteiger partial charge in [-0.3, -0.25) is 19.6 Å². The van der Waals surface area contributed by atoms with Crippen LogP contribution in [0, 0.1) is 6.92 Å². The summed E-state index contributed by atoms with van der Waals surface area (Å²) in [5.41, 5.74) is 3.59. The van der Waals surface area contributed by atoms with Gasteiger partial charge in [0.2, 0.25) is 5.91 Å². The van der Waals surface area contributed by atoms with E-state index in [1.54, 1.807) is 12.3 Å². The first kappa shape index (κ1) is 21.3. The molecule has 2 aliphatic rings. The van der Waals surface area contributed by atoms with E-state index in [2.05, 4.69) is 22.3 Å². The third-order valence-corrected chi connectivity index (χ3v) is 6.61. The first-order valence-corrected chi connectivity index (χ1v) is 11.6. The number of nitrogens with one attached hydrogen (secondary N) is 1. The zero-order valence-electron chi connectivity index (χ0n) is 18.8. The zero-order valence-corrected chi connectivity index (χ0v) is 18.8. The summed E-state index contributed by atoms with van der Waals surface area (Å²) < 4.78 is 0. The number of carbonyl (C=O) groups is 2. The quantitative estimate of drug-likeness (QED) is 0.651. The molecule has 33 heavy (non-hydrogen) atoms. The summed E-state index contributed by atoms with van der Waals surface area (Å²) >= 11 is 0. The van der Waals surface area contributed by atoms with Gasteiger partial charge in [0.05, 0.1) is 6.04 Å². The third kappa shape index (κ3) is 4.25. The number of aromatic amines is 1. The second kappa shape index (κ2) is 9.13. The van der Waals surface area contributed by atoms with Gasteiger partial charge in [-0.1, -0.05) is 30.3 Å². The van der Waals surface area contributed by atoms with Gasteiger partial charge in [-0.05, 0) is 50.7 Å². The Morgan fingerprint density at radius 1 is 1.12 bits per heavy atom. The summed E-state index contributed by atoms with van der Waals surface area (Å²) in [6, 6.07) is 11.7. The number of hydrogen-bond donors (Lipinski definition) is 1. The van der Waals surface area contributed by atoms with E-state index in [9.17, 15) is 9.59 Å². The molecule has 3 aromatic rings. The fraction of sp³-hybridized carbons (Fsp3) is 0.400. The van der Waals surface area contributed by atoms with Crippen molar-refractivity contribution in [3.63, 3.8) is 0 Å². The van der Waals surface area contributed by atoms with Crippen molar-refractivity contribution in [2.75, 3.05) is 18.0 Å². The van der Waals surface area contributed by atoms with Gasteiger partial charge in [0.15, 0.2) is 5.82 Å². The molecule has 0 bridgehead atoms. The molecule has 1 N–H and O–H groups in total. The van der Waals surface area contributed by atoms with Crippen LogP contribution in [0.15, 0.2) is 42.6 Å². The van der Waals surface area contributed by atoms with Crippen LogP contribution >= 0.6 is 0 Å². The van der Waals surface area contributed by atoms with Crippen LogP contribution < -0.4 is 4.90 Å². The largest absolute Gasteiger partial charge is 0.327 e. The number of likely N-dealkylation sites (tertiary alicyclic amines) is 1. The number of benzene rings is 1. The molecular weight excluding hydrogens is 416 g/mol. The van der Waals surface area contributed by atoms with Gasteiger partial charge in [-0.25, -0.2) is 9.97 Å². The molecule has 1 saturated heterocycles. The highest BCUT2D eigenvalue weighted by Crippen LogP contribution is 2.34. The predicted molar refractivity (Wildman–Crippen MR) is 124 cm³/mol. The molecule has 1 fully saturated rings. The average molecular weight is 445 g/mol. The number of piperidine rings is 1. The summed E-state index contributed by atoms with van der Waals surface area (Å²) in [5.74, 6) is 1.34. The van der Waals surface area contributed by atoms with Crippen molar-refractivity contribution >= 4 is 17.6 Å². The number of carbonyl (C=O) groups excluding carboxylic acids is 2. The Bertz CT molecular complexity index is 1150. The van der Waals surface area contributed by atoms with Crippen molar-refractivity contribution in [3.05, 3.63) is 70.9 Å². The summed E-state index contributed by atoms with van der Waals surface area (Å²) in [7, 11) is 0. The number of aromatic nitrogens is 4. The van der Waals surface area contributed by atoms with E-state index in [0.29, 0.717) is 43.3 Å². The number of rotatable bonds is 5. The van der Waals surface area contributed by atoms with Crippen LogP contribution in [0.1, 0.15) is 64.9 Å². The molecule has 0 spiro atoms. The van der Waals surface area contributed by atoms with E-state index >= 15 is 0 Å². The Labute approximate surface area is 193 Å². The Balaban J connectivity index is 1.46. The van der Waals surface area contributed by atoms with Gasteiger partial charge in [-0.2, -0.15) is 5.10 Å². The number of aryl methyl sites for hydroxylation is 1. The fourth-order valence-corrected chi connectivity index (χ4v) is 4.84. The first-order valence-electron chi connectivity index (χ1n) is 11.6. The second-order valence-electron chi connectivity index (χ2n) is 8.73. The topological polar surface area (TPSA) is 95.1 Å². The lowest BCUT2D eigenvalue weighted by Gasteiger charge is -2.36. The molecule has 2 aromatic heterocycles. The molecular formula is C25H28N6O2. The fourth-order valence-electron chi connectivity index (χ4n) is 4.84. The molecule has 1 unspecified atom stereocenters. The number of hydrogen-bond acceptors (Lipinski definition) is 5. The number of fused-ring (bicyclic) bond motifs is 1. The highest BCUT2D eigenvalue weighted by molar-refractivity contribution is 5.95. The van der Waals surface area contributed by atoms with Crippen LogP contribution in [0.3, 0.4) is 0 Å². The zero-order chi connectivity index (χ0) is 22.8. The van der Waals surface area contributed by atoms with Crippen molar-refractivity contribution in [3.8, 4) is 0 Å². The number of amides is 2. The maximum Gasteiger partial charge on any atom is 0.272 e. The molecule has 1 atom stereocenters. The normalized spacial score (nSPS) is 18.3. The Kier molecular flexibility index (Phi) is 5.90. The molecule has 0 radical (unpaired) electrons. The lowest BCUT2D eigenvalue weighted by atomic mass is 9.98. The second-order valence-corrected chi connectivity index (χ2v) is 8.73. The van der Waals surface area contributed by atoms with E-state index in [1.165, 1.54) is 5.56 Å². The molecule has 1 aromatic carbocycles. The smallest absolute Gasteiger partial charge is 0.272 e. The van der Waals surface area contributed by atoms with Crippen molar-refractivity contribution in [2.24, 2.45) is 0 Å². The minimum absolute atomic E-state index is 0.0896. The van der Waals surface area contributed by atoms with Gasteiger partial charge in [-0.15, -0.1) is 0 Å². The molecule has 2 amide bonds. The average Bonchev–Trinajstić information content (AvgIpc) is 3.38. The molecule has 0 saturated carbocycles. The SMILES string of the molecule is Cc1nc(C2CCCCN2C(=O)c2ccn[nH]2)nc2c1CCC(=O)N2CCc1ccccc1. The molecule has 170 valence electrons. The van der Waals surface area contributed by atoms with Crippen molar-refractivity contribution < 1.29 is 9.59 Å². The third-order valence-electron chi connectivity index (χ3n) is 6.61.